The van der Waals surface area contributed by atoms with E-state index in [0.717, 1.165) is 31.7 Å². The average Bonchev–Trinajstić information content (AvgIpc) is 2.92. The maximum absolute atomic E-state index is 11.8. The minimum Gasteiger partial charge on any atom is -0.468 e. The highest BCUT2D eigenvalue weighted by atomic mass is 16.3. The number of amides is 2. The Morgan fingerprint density at radius 1 is 1.47 bits per heavy atom. The van der Waals surface area contributed by atoms with Gasteiger partial charge in [0.05, 0.1) is 12.3 Å². The predicted octanol–water partition coefficient (Wildman–Crippen LogP) is 2.08. The van der Waals surface area contributed by atoms with E-state index in [0.29, 0.717) is 6.04 Å². The van der Waals surface area contributed by atoms with Crippen LogP contribution >= 0.6 is 0 Å². The first-order chi connectivity index (χ1) is 9.08. The zero-order chi connectivity index (χ0) is 13.8. The summed E-state index contributed by atoms with van der Waals surface area (Å²) in [5, 5.41) is 3.56. The molecule has 0 radical (unpaired) electrons. The van der Waals surface area contributed by atoms with Crippen molar-refractivity contribution < 1.29 is 9.21 Å². The van der Waals surface area contributed by atoms with E-state index in [9.17, 15) is 4.79 Å². The molecule has 0 spiro atoms. The molecule has 0 aliphatic carbocycles. The van der Waals surface area contributed by atoms with Crippen LogP contribution in [0.4, 0.5) is 4.79 Å². The molecule has 0 unspecified atom stereocenters. The summed E-state index contributed by atoms with van der Waals surface area (Å²) in [7, 11) is 3.59. The zero-order valence-corrected chi connectivity index (χ0v) is 11.9. The summed E-state index contributed by atoms with van der Waals surface area (Å²) in [6.07, 6.45) is 3.68. The van der Waals surface area contributed by atoms with E-state index in [1.807, 2.05) is 17.0 Å². The van der Waals surface area contributed by atoms with Crippen molar-refractivity contribution in [1.29, 1.82) is 0 Å². The number of piperidine rings is 1. The van der Waals surface area contributed by atoms with Crippen LogP contribution in [0.15, 0.2) is 22.8 Å². The highest BCUT2D eigenvalue weighted by molar-refractivity contribution is 5.73. The van der Waals surface area contributed by atoms with Crippen LogP contribution in [0.1, 0.15) is 31.6 Å². The molecule has 1 aliphatic heterocycles. The van der Waals surface area contributed by atoms with Gasteiger partial charge < -0.3 is 19.5 Å². The van der Waals surface area contributed by atoms with Crippen molar-refractivity contribution in [3.05, 3.63) is 24.2 Å². The molecule has 5 nitrogen and oxygen atoms in total. The standard InChI is InChI=1S/C14H23N3O2/c1-11(13-5-4-10-19-13)15-12-6-8-17(9-7-12)14(18)16(2)3/h4-5,10-12,15H,6-9H2,1-3H3/t11-/m1/s1. The predicted molar refractivity (Wildman–Crippen MR) is 73.9 cm³/mol. The van der Waals surface area contributed by atoms with E-state index in [1.165, 1.54) is 0 Å². The molecule has 1 aromatic heterocycles. The Hall–Kier alpha value is -1.49. The van der Waals surface area contributed by atoms with E-state index < -0.39 is 0 Å². The third-order valence-corrected chi connectivity index (χ3v) is 3.60. The summed E-state index contributed by atoms with van der Waals surface area (Å²) in [6.45, 7) is 3.75. The fourth-order valence-electron chi connectivity index (χ4n) is 2.49. The number of furan rings is 1. The lowest BCUT2D eigenvalue weighted by atomic mass is 10.0. The molecular weight excluding hydrogens is 242 g/mol. The van der Waals surface area contributed by atoms with Crippen LogP contribution in [-0.4, -0.2) is 49.1 Å². The molecule has 0 saturated carbocycles. The number of nitrogens with one attached hydrogen (secondary N) is 1. The first-order valence-corrected chi connectivity index (χ1v) is 6.83. The summed E-state index contributed by atoms with van der Waals surface area (Å²) in [5.74, 6) is 0.965. The van der Waals surface area contributed by atoms with Gasteiger partial charge in [-0.2, -0.15) is 0 Å². The fraction of sp³-hybridized carbons (Fsp3) is 0.643. The summed E-state index contributed by atoms with van der Waals surface area (Å²) in [6, 6.07) is 4.67. The van der Waals surface area contributed by atoms with Gasteiger partial charge in [0.15, 0.2) is 0 Å². The number of hydrogen-bond acceptors (Lipinski definition) is 3. The van der Waals surface area contributed by atoms with E-state index in [4.69, 9.17) is 4.42 Å². The van der Waals surface area contributed by atoms with Crippen molar-refractivity contribution in [1.82, 2.24) is 15.1 Å². The van der Waals surface area contributed by atoms with Gasteiger partial charge in [0.2, 0.25) is 0 Å². The quantitative estimate of drug-likeness (QED) is 0.910. The Morgan fingerprint density at radius 3 is 2.68 bits per heavy atom. The fourth-order valence-corrected chi connectivity index (χ4v) is 2.49. The van der Waals surface area contributed by atoms with Gasteiger partial charge in [-0.25, -0.2) is 4.79 Å². The van der Waals surface area contributed by atoms with Gasteiger partial charge in [0.1, 0.15) is 5.76 Å². The summed E-state index contributed by atoms with van der Waals surface area (Å²) in [5.41, 5.74) is 0. The molecule has 1 aliphatic rings. The van der Waals surface area contributed by atoms with Crippen LogP contribution in [0.3, 0.4) is 0 Å². The van der Waals surface area contributed by atoms with Crippen molar-refractivity contribution in [2.24, 2.45) is 0 Å². The van der Waals surface area contributed by atoms with E-state index in [-0.39, 0.29) is 12.1 Å². The third kappa shape index (κ3) is 3.50. The van der Waals surface area contributed by atoms with Crippen molar-refractivity contribution in [3.8, 4) is 0 Å². The van der Waals surface area contributed by atoms with Crippen LogP contribution in [0, 0.1) is 0 Å². The Bertz CT molecular complexity index is 395. The van der Waals surface area contributed by atoms with Gasteiger partial charge in [0, 0.05) is 33.2 Å². The van der Waals surface area contributed by atoms with Crippen molar-refractivity contribution in [3.63, 3.8) is 0 Å². The van der Waals surface area contributed by atoms with Gasteiger partial charge in [-0.3, -0.25) is 0 Å². The largest absolute Gasteiger partial charge is 0.468 e. The Labute approximate surface area is 114 Å². The molecule has 5 heteroatoms. The van der Waals surface area contributed by atoms with Gasteiger partial charge >= 0.3 is 6.03 Å². The monoisotopic (exact) mass is 265 g/mol. The minimum absolute atomic E-state index is 0.109. The van der Waals surface area contributed by atoms with Crippen LogP contribution < -0.4 is 5.32 Å². The van der Waals surface area contributed by atoms with E-state index in [1.54, 1.807) is 25.3 Å². The second-order valence-corrected chi connectivity index (χ2v) is 5.34. The maximum Gasteiger partial charge on any atom is 0.319 e. The van der Waals surface area contributed by atoms with E-state index in [2.05, 4.69) is 12.2 Å². The number of nitrogens with zero attached hydrogens (tertiary/aromatic N) is 2. The van der Waals surface area contributed by atoms with Crippen LogP contribution in [0.2, 0.25) is 0 Å². The number of urea groups is 1. The number of hydrogen-bond donors (Lipinski definition) is 1. The van der Waals surface area contributed by atoms with Gasteiger partial charge in [-0.1, -0.05) is 0 Å². The third-order valence-electron chi connectivity index (χ3n) is 3.60. The average molecular weight is 265 g/mol. The van der Waals surface area contributed by atoms with Crippen LogP contribution in [-0.2, 0) is 0 Å². The molecule has 106 valence electrons. The summed E-state index contributed by atoms with van der Waals surface area (Å²) in [4.78, 5) is 15.4. The van der Waals surface area contributed by atoms with Crippen molar-refractivity contribution >= 4 is 6.03 Å². The Morgan fingerprint density at radius 2 is 2.16 bits per heavy atom. The number of rotatable bonds is 3. The molecule has 0 bridgehead atoms. The van der Waals surface area contributed by atoms with Gasteiger partial charge in [0.25, 0.3) is 0 Å². The lowest BCUT2D eigenvalue weighted by molar-refractivity contribution is 0.150. The van der Waals surface area contributed by atoms with Crippen LogP contribution in [0.5, 0.6) is 0 Å². The molecule has 0 aromatic carbocycles. The second-order valence-electron chi connectivity index (χ2n) is 5.34. The Kier molecular flexibility index (Phi) is 4.47. The topological polar surface area (TPSA) is 48.7 Å². The van der Waals surface area contributed by atoms with Crippen molar-refractivity contribution in [2.45, 2.75) is 31.8 Å². The highest BCUT2D eigenvalue weighted by Gasteiger charge is 2.24. The summed E-state index contributed by atoms with van der Waals surface area (Å²) < 4.78 is 5.39. The first-order valence-electron chi connectivity index (χ1n) is 6.83. The molecular formula is C14H23N3O2. The normalized spacial score (nSPS) is 18.4. The molecule has 2 heterocycles. The second kappa shape index (κ2) is 6.10. The summed E-state index contributed by atoms with van der Waals surface area (Å²) >= 11 is 0. The smallest absolute Gasteiger partial charge is 0.319 e. The molecule has 1 saturated heterocycles. The van der Waals surface area contributed by atoms with Crippen LogP contribution in [0.25, 0.3) is 0 Å². The minimum atomic E-state index is 0.109. The lowest BCUT2D eigenvalue weighted by Crippen LogP contribution is -2.48. The molecule has 2 rings (SSSR count). The molecule has 2 amide bonds. The molecule has 1 N–H and O–H groups in total. The molecule has 1 aromatic rings. The molecule has 19 heavy (non-hydrogen) atoms. The Balaban J connectivity index is 1.79. The number of likely N-dealkylation sites (tertiary alicyclic amines) is 1. The molecule has 1 atom stereocenters. The highest BCUT2D eigenvalue weighted by Crippen LogP contribution is 2.18. The van der Waals surface area contributed by atoms with Gasteiger partial charge in [-0.15, -0.1) is 0 Å². The zero-order valence-electron chi connectivity index (χ0n) is 11.9. The van der Waals surface area contributed by atoms with Gasteiger partial charge in [-0.05, 0) is 31.9 Å². The lowest BCUT2D eigenvalue weighted by Gasteiger charge is -2.34. The number of carbonyl (C=O) groups is 1. The molecule has 1 fully saturated rings. The first kappa shape index (κ1) is 13.9. The number of carbonyl (C=O) groups excluding carboxylic acids is 1. The van der Waals surface area contributed by atoms with Crippen molar-refractivity contribution in [2.75, 3.05) is 27.2 Å². The van der Waals surface area contributed by atoms with E-state index >= 15 is 0 Å². The maximum atomic E-state index is 11.8. The SMILES string of the molecule is C[C@@H](NC1CCN(C(=O)N(C)C)CC1)c1ccco1.